The number of carbonyl (C=O) groups is 2. The summed E-state index contributed by atoms with van der Waals surface area (Å²) in [6.45, 7) is 7.76. The number of amides is 2. The number of nitrogens with zero attached hydrogens (tertiary/aromatic N) is 1. The van der Waals surface area contributed by atoms with Gasteiger partial charge in [0.15, 0.2) is 0 Å². The van der Waals surface area contributed by atoms with Crippen molar-refractivity contribution in [2.24, 2.45) is 0 Å². The molecule has 5 heteroatoms. The van der Waals surface area contributed by atoms with Crippen LogP contribution in [0.1, 0.15) is 47.0 Å². The minimum atomic E-state index is -0.107. The molecule has 0 spiro atoms. The molecule has 1 fully saturated rings. The van der Waals surface area contributed by atoms with E-state index < -0.39 is 0 Å². The van der Waals surface area contributed by atoms with Gasteiger partial charge in [0.2, 0.25) is 11.8 Å². The van der Waals surface area contributed by atoms with Crippen molar-refractivity contribution in [1.82, 2.24) is 4.90 Å². The van der Waals surface area contributed by atoms with Crippen molar-refractivity contribution in [2.75, 3.05) is 5.32 Å². The van der Waals surface area contributed by atoms with Gasteiger partial charge >= 0.3 is 0 Å². The third-order valence-corrected chi connectivity index (χ3v) is 5.38. The summed E-state index contributed by atoms with van der Waals surface area (Å²) >= 11 is 1.57. The first-order valence-electron chi connectivity index (χ1n) is 8.25. The molecule has 1 aromatic carbocycles. The molecule has 4 nitrogen and oxygen atoms in total. The highest BCUT2D eigenvalue weighted by atomic mass is 32.2. The van der Waals surface area contributed by atoms with E-state index in [1.54, 1.807) is 11.8 Å². The van der Waals surface area contributed by atoms with E-state index in [4.69, 9.17) is 0 Å². The fourth-order valence-corrected chi connectivity index (χ4v) is 4.06. The van der Waals surface area contributed by atoms with Gasteiger partial charge in [0.1, 0.15) is 0 Å². The van der Waals surface area contributed by atoms with Crippen LogP contribution in [-0.2, 0) is 9.59 Å². The van der Waals surface area contributed by atoms with E-state index in [9.17, 15) is 9.59 Å². The summed E-state index contributed by atoms with van der Waals surface area (Å²) in [7, 11) is 0. The zero-order chi connectivity index (χ0) is 17.0. The Bertz CT molecular complexity index is 549. The Kier molecular flexibility index (Phi) is 6.10. The average molecular weight is 334 g/mol. The van der Waals surface area contributed by atoms with Crippen molar-refractivity contribution in [1.29, 1.82) is 0 Å². The number of rotatable bonds is 4. The summed E-state index contributed by atoms with van der Waals surface area (Å²) in [5.74, 6) is 0.141. The van der Waals surface area contributed by atoms with Crippen molar-refractivity contribution < 1.29 is 9.59 Å². The monoisotopic (exact) mass is 334 g/mol. The molecule has 23 heavy (non-hydrogen) atoms. The number of anilines is 1. The Balaban J connectivity index is 1.98. The van der Waals surface area contributed by atoms with Gasteiger partial charge in [0, 0.05) is 29.6 Å². The van der Waals surface area contributed by atoms with Gasteiger partial charge in [0.05, 0.1) is 5.25 Å². The highest BCUT2D eigenvalue weighted by Gasteiger charge is 2.31. The molecule has 1 aliphatic heterocycles. The lowest BCUT2D eigenvalue weighted by Gasteiger charge is -2.40. The zero-order valence-corrected chi connectivity index (χ0v) is 15.2. The van der Waals surface area contributed by atoms with E-state index in [-0.39, 0.29) is 17.1 Å². The van der Waals surface area contributed by atoms with Crippen molar-refractivity contribution in [3.8, 4) is 0 Å². The Morgan fingerprint density at radius 3 is 2.26 bits per heavy atom. The molecule has 2 rings (SSSR count). The molecule has 3 atom stereocenters. The molecule has 2 amide bonds. The van der Waals surface area contributed by atoms with Crippen LogP contribution in [-0.4, -0.2) is 34.0 Å². The summed E-state index contributed by atoms with van der Waals surface area (Å²) in [5, 5.41) is 2.64. The summed E-state index contributed by atoms with van der Waals surface area (Å²) in [6, 6.07) is 8.29. The Morgan fingerprint density at radius 1 is 1.17 bits per heavy atom. The first kappa shape index (κ1) is 17.9. The number of piperidine rings is 1. The molecule has 1 N–H and O–H groups in total. The fourth-order valence-electron chi connectivity index (χ4n) is 3.14. The van der Waals surface area contributed by atoms with Gasteiger partial charge in [-0.1, -0.05) is 0 Å². The molecule has 1 aromatic rings. The van der Waals surface area contributed by atoms with Gasteiger partial charge < -0.3 is 10.2 Å². The van der Waals surface area contributed by atoms with Crippen LogP contribution >= 0.6 is 11.8 Å². The lowest BCUT2D eigenvalue weighted by molar-refractivity contribution is -0.136. The van der Waals surface area contributed by atoms with E-state index in [1.807, 2.05) is 31.2 Å². The lowest BCUT2D eigenvalue weighted by atomic mass is 9.97. The largest absolute Gasteiger partial charge is 0.336 e. The maximum absolute atomic E-state index is 12.8. The van der Waals surface area contributed by atoms with Gasteiger partial charge in [-0.15, -0.1) is 11.8 Å². The second kappa shape index (κ2) is 7.86. The second-order valence-corrected chi connectivity index (χ2v) is 7.75. The van der Waals surface area contributed by atoms with E-state index in [0.717, 1.165) is 23.4 Å². The van der Waals surface area contributed by atoms with Gasteiger partial charge in [-0.3, -0.25) is 9.59 Å². The van der Waals surface area contributed by atoms with Crippen molar-refractivity contribution in [2.45, 2.75) is 69.2 Å². The van der Waals surface area contributed by atoms with Crippen LogP contribution in [0.4, 0.5) is 5.69 Å². The third kappa shape index (κ3) is 4.74. The van der Waals surface area contributed by atoms with Crippen LogP contribution in [0.15, 0.2) is 29.2 Å². The van der Waals surface area contributed by atoms with Crippen molar-refractivity contribution in [3.63, 3.8) is 0 Å². The third-order valence-electron chi connectivity index (χ3n) is 4.28. The quantitative estimate of drug-likeness (QED) is 0.849. The van der Waals surface area contributed by atoms with Gasteiger partial charge in [-0.2, -0.15) is 0 Å². The second-order valence-electron chi connectivity index (χ2n) is 6.34. The predicted octanol–water partition coefficient (Wildman–Crippen LogP) is 3.92. The summed E-state index contributed by atoms with van der Waals surface area (Å²) in [5.41, 5.74) is 0.777. The lowest BCUT2D eigenvalue weighted by Crippen LogP contribution is -2.50. The van der Waals surface area contributed by atoms with Crippen molar-refractivity contribution in [3.05, 3.63) is 24.3 Å². The minimum Gasteiger partial charge on any atom is -0.336 e. The molecule has 1 aliphatic rings. The van der Waals surface area contributed by atoms with E-state index in [1.165, 1.54) is 13.3 Å². The van der Waals surface area contributed by atoms with Crippen LogP contribution in [0.5, 0.6) is 0 Å². The van der Waals surface area contributed by atoms with E-state index in [2.05, 4.69) is 24.1 Å². The number of likely N-dealkylation sites (tertiary alicyclic amines) is 1. The van der Waals surface area contributed by atoms with Gasteiger partial charge in [-0.05, 0) is 64.3 Å². The molecular formula is C18H26N2O2S. The van der Waals surface area contributed by atoms with Crippen molar-refractivity contribution >= 4 is 29.3 Å². The Morgan fingerprint density at radius 2 is 1.74 bits per heavy atom. The molecule has 0 aromatic heterocycles. The molecule has 0 radical (unpaired) electrons. The van der Waals surface area contributed by atoms with Crippen LogP contribution in [0.2, 0.25) is 0 Å². The molecule has 0 bridgehead atoms. The predicted molar refractivity (Wildman–Crippen MR) is 95.7 cm³/mol. The standard InChI is InChI=1S/C18H26N2O2S/c1-12-6-5-7-13(2)20(12)18(22)14(3)23-17-10-8-16(9-11-17)19-15(4)21/h8-14H,5-7H2,1-4H3,(H,19,21). The summed E-state index contributed by atoms with van der Waals surface area (Å²) in [4.78, 5) is 26.9. The van der Waals surface area contributed by atoms with Gasteiger partial charge in [-0.25, -0.2) is 0 Å². The van der Waals surface area contributed by atoms with E-state index in [0.29, 0.717) is 12.1 Å². The highest BCUT2D eigenvalue weighted by Crippen LogP contribution is 2.29. The molecular weight excluding hydrogens is 308 g/mol. The van der Waals surface area contributed by atoms with Crippen LogP contribution in [0.25, 0.3) is 0 Å². The minimum absolute atomic E-state index is 0.0815. The zero-order valence-electron chi connectivity index (χ0n) is 14.3. The Hall–Kier alpha value is -1.49. The normalized spacial score (nSPS) is 22.5. The number of carbonyl (C=O) groups excluding carboxylic acids is 2. The first-order chi connectivity index (χ1) is 10.9. The number of thioether (sulfide) groups is 1. The van der Waals surface area contributed by atoms with Crippen LogP contribution in [0, 0.1) is 0 Å². The van der Waals surface area contributed by atoms with Crippen LogP contribution < -0.4 is 5.32 Å². The molecule has 1 saturated heterocycles. The molecule has 3 unspecified atom stereocenters. The molecule has 1 heterocycles. The number of hydrogen-bond donors (Lipinski definition) is 1. The number of benzene rings is 1. The first-order valence-corrected chi connectivity index (χ1v) is 9.13. The van der Waals surface area contributed by atoms with Crippen LogP contribution in [0.3, 0.4) is 0 Å². The fraction of sp³-hybridized carbons (Fsp3) is 0.556. The summed E-state index contributed by atoms with van der Waals surface area (Å²) in [6.07, 6.45) is 3.40. The SMILES string of the molecule is CC(=O)Nc1ccc(SC(C)C(=O)N2C(C)CCCC2C)cc1. The van der Waals surface area contributed by atoms with E-state index >= 15 is 0 Å². The maximum atomic E-state index is 12.8. The summed E-state index contributed by atoms with van der Waals surface area (Å²) < 4.78 is 0. The molecule has 0 saturated carbocycles. The molecule has 126 valence electrons. The number of hydrogen-bond acceptors (Lipinski definition) is 3. The topological polar surface area (TPSA) is 49.4 Å². The smallest absolute Gasteiger partial charge is 0.236 e. The number of nitrogens with one attached hydrogen (secondary N) is 1. The molecule has 0 aliphatic carbocycles. The highest BCUT2D eigenvalue weighted by molar-refractivity contribution is 8.00. The van der Waals surface area contributed by atoms with Gasteiger partial charge in [0.25, 0.3) is 0 Å². The average Bonchev–Trinajstić information content (AvgIpc) is 2.48. The Labute approximate surface area is 143 Å². The maximum Gasteiger partial charge on any atom is 0.236 e.